The third-order valence-electron chi connectivity index (χ3n) is 4.08. The molecule has 6 heteroatoms. The van der Waals surface area contributed by atoms with Crippen LogP contribution in [0.4, 0.5) is 0 Å². The lowest BCUT2D eigenvalue weighted by Crippen LogP contribution is -2.45. The van der Waals surface area contributed by atoms with Crippen molar-refractivity contribution in [2.45, 2.75) is 84.2 Å². The zero-order valence-electron chi connectivity index (χ0n) is 17.0. The molecule has 25 heavy (non-hydrogen) atoms. The lowest BCUT2D eigenvalue weighted by molar-refractivity contribution is -0.191. The summed E-state index contributed by atoms with van der Waals surface area (Å²) in [5, 5.41) is 11.1. The van der Waals surface area contributed by atoms with E-state index in [0.29, 0.717) is 0 Å². The van der Waals surface area contributed by atoms with Gasteiger partial charge in [0.2, 0.25) is 0 Å². The maximum atomic E-state index is 11.3. The van der Waals surface area contributed by atoms with Crippen molar-refractivity contribution in [1.82, 2.24) is 5.06 Å². The monoisotopic (exact) mass is 373 g/mol. The summed E-state index contributed by atoms with van der Waals surface area (Å²) >= 11 is 0. The van der Waals surface area contributed by atoms with Crippen LogP contribution in [0.15, 0.2) is 29.2 Å². The first-order valence-electron chi connectivity index (χ1n) is 8.88. The third kappa shape index (κ3) is 7.05. The second-order valence-corrected chi connectivity index (χ2v) is 8.73. The zero-order valence-corrected chi connectivity index (χ0v) is 17.8. The topological polar surface area (TPSA) is 66.8 Å². The first kappa shape index (κ1) is 24.1. The summed E-state index contributed by atoms with van der Waals surface area (Å²) in [7, 11) is -3.53. The van der Waals surface area contributed by atoms with Gasteiger partial charge in [-0.25, -0.2) is 0 Å². The number of aryl methyl sites for hydroxylation is 1. The van der Waals surface area contributed by atoms with Crippen LogP contribution in [0, 0.1) is 6.92 Å². The molecule has 2 rings (SSSR count). The molecule has 0 aromatic heterocycles. The van der Waals surface area contributed by atoms with Crippen molar-refractivity contribution in [2.75, 3.05) is 6.61 Å². The van der Waals surface area contributed by atoms with E-state index in [1.807, 2.05) is 20.8 Å². The molecule has 5 nitrogen and oxygen atoms in total. The molecular formula is C19H35NO4S. The van der Waals surface area contributed by atoms with Crippen molar-refractivity contribution < 1.29 is 17.8 Å². The maximum Gasteiger partial charge on any atom is 0.296 e. The molecule has 0 unspecified atom stereocenters. The summed E-state index contributed by atoms with van der Waals surface area (Å²) in [6.45, 7) is 16.0. The Morgan fingerprint density at radius 1 is 1.04 bits per heavy atom. The van der Waals surface area contributed by atoms with Crippen LogP contribution in [0.25, 0.3) is 0 Å². The highest BCUT2D eigenvalue weighted by atomic mass is 32.2. The second kappa shape index (κ2) is 9.67. The van der Waals surface area contributed by atoms with E-state index in [9.17, 15) is 13.6 Å². The van der Waals surface area contributed by atoms with Gasteiger partial charge < -0.3 is 5.21 Å². The minimum atomic E-state index is -3.53. The quantitative estimate of drug-likeness (QED) is 0.773. The Labute approximate surface area is 154 Å². The highest BCUT2D eigenvalue weighted by Gasteiger charge is 2.43. The van der Waals surface area contributed by atoms with Gasteiger partial charge in [0.1, 0.15) is 0 Å². The predicted molar refractivity (Wildman–Crippen MR) is 102 cm³/mol. The van der Waals surface area contributed by atoms with E-state index in [1.54, 1.807) is 31.2 Å². The summed E-state index contributed by atoms with van der Waals surface area (Å²) in [4.78, 5) is 0.208. The molecule has 146 valence electrons. The number of benzene rings is 1. The van der Waals surface area contributed by atoms with E-state index in [2.05, 4.69) is 31.9 Å². The van der Waals surface area contributed by atoms with E-state index in [1.165, 1.54) is 5.06 Å². The molecule has 1 aromatic rings. The zero-order chi connectivity index (χ0) is 19.9. The van der Waals surface area contributed by atoms with Crippen LogP contribution in [0.3, 0.4) is 0 Å². The van der Waals surface area contributed by atoms with Gasteiger partial charge in [-0.05, 0) is 66.5 Å². The summed E-state index contributed by atoms with van der Waals surface area (Å²) < 4.78 is 27.3. The van der Waals surface area contributed by atoms with Crippen LogP contribution in [-0.2, 0) is 14.3 Å². The van der Waals surface area contributed by atoms with E-state index in [-0.39, 0.29) is 22.6 Å². The average molecular weight is 374 g/mol. The Balaban J connectivity index is 0.000000430. The number of nitrogens with zero attached hydrogens (tertiary/aromatic N) is 1. The van der Waals surface area contributed by atoms with Gasteiger partial charge in [-0.3, -0.25) is 4.18 Å². The van der Waals surface area contributed by atoms with Crippen LogP contribution in [-0.4, -0.2) is 36.4 Å². The van der Waals surface area contributed by atoms with Gasteiger partial charge >= 0.3 is 0 Å². The molecule has 1 aliphatic rings. The third-order valence-corrected chi connectivity index (χ3v) is 5.47. The Morgan fingerprint density at radius 2 is 1.44 bits per heavy atom. The molecule has 0 saturated carbocycles. The van der Waals surface area contributed by atoms with Crippen molar-refractivity contribution >= 4 is 10.1 Å². The SMILES string of the molecule is CC.CC1(C)CCC(C)(C)N1O.CCOS(=O)(=O)c1ccc(C)cc1. The highest BCUT2D eigenvalue weighted by Crippen LogP contribution is 2.38. The Kier molecular flexibility index (Phi) is 9.30. The van der Waals surface area contributed by atoms with E-state index in [4.69, 9.17) is 0 Å². The van der Waals surface area contributed by atoms with E-state index in [0.717, 1.165) is 18.4 Å². The Bertz CT molecular complexity index is 591. The van der Waals surface area contributed by atoms with E-state index < -0.39 is 10.1 Å². The first-order chi connectivity index (χ1) is 11.4. The van der Waals surface area contributed by atoms with Crippen LogP contribution < -0.4 is 0 Å². The highest BCUT2D eigenvalue weighted by molar-refractivity contribution is 7.86. The molecule has 0 amide bonds. The van der Waals surface area contributed by atoms with Gasteiger partial charge in [0.15, 0.2) is 0 Å². The molecule has 1 heterocycles. The minimum Gasteiger partial charge on any atom is -0.313 e. The van der Waals surface area contributed by atoms with Gasteiger partial charge in [0.05, 0.1) is 11.5 Å². The molecule has 0 spiro atoms. The van der Waals surface area contributed by atoms with Crippen LogP contribution >= 0.6 is 0 Å². The van der Waals surface area contributed by atoms with Gasteiger partial charge in [-0.1, -0.05) is 31.5 Å². The Hall–Kier alpha value is -0.950. The van der Waals surface area contributed by atoms with Crippen molar-refractivity contribution in [3.8, 4) is 0 Å². The minimum absolute atomic E-state index is 0.0243. The fourth-order valence-corrected chi connectivity index (χ4v) is 3.49. The van der Waals surface area contributed by atoms with Crippen LogP contribution in [0.1, 0.15) is 66.9 Å². The summed E-state index contributed by atoms with van der Waals surface area (Å²) in [5.41, 5.74) is 0.975. The molecule has 1 aliphatic heterocycles. The van der Waals surface area contributed by atoms with Crippen molar-refractivity contribution in [3.63, 3.8) is 0 Å². The van der Waals surface area contributed by atoms with Crippen LogP contribution in [0.2, 0.25) is 0 Å². The number of hydrogen-bond donors (Lipinski definition) is 1. The largest absolute Gasteiger partial charge is 0.313 e. The molecule has 1 saturated heterocycles. The lowest BCUT2D eigenvalue weighted by atomic mass is 10.0. The molecule has 1 N–H and O–H groups in total. The lowest BCUT2D eigenvalue weighted by Gasteiger charge is -2.34. The van der Waals surface area contributed by atoms with Crippen LogP contribution in [0.5, 0.6) is 0 Å². The molecule has 0 aliphatic carbocycles. The van der Waals surface area contributed by atoms with Gasteiger partial charge in [-0.2, -0.15) is 13.5 Å². The standard InChI is InChI=1S/C9H12O3S.C8H17NO.C2H6/c1-3-12-13(10,11)9-6-4-8(2)5-7-9;1-7(2)5-6-8(3,4)9(7)10;1-2/h4-7H,3H2,1-2H3;10H,5-6H2,1-4H3;1-2H3. The van der Waals surface area contributed by atoms with E-state index >= 15 is 0 Å². The number of hydroxylamine groups is 2. The molecule has 1 fully saturated rings. The average Bonchev–Trinajstić information content (AvgIpc) is 2.73. The molecular weight excluding hydrogens is 338 g/mol. The van der Waals surface area contributed by atoms with Gasteiger partial charge in [0, 0.05) is 11.1 Å². The molecule has 1 aromatic carbocycles. The smallest absolute Gasteiger partial charge is 0.296 e. The normalized spacial score (nSPS) is 18.6. The molecule has 0 atom stereocenters. The number of hydrogen-bond acceptors (Lipinski definition) is 5. The fraction of sp³-hybridized carbons (Fsp3) is 0.684. The summed E-state index contributed by atoms with van der Waals surface area (Å²) in [6.07, 6.45) is 2.16. The number of rotatable bonds is 3. The molecule has 0 bridgehead atoms. The predicted octanol–water partition coefficient (Wildman–Crippen LogP) is 4.78. The maximum absolute atomic E-state index is 11.3. The Morgan fingerprint density at radius 3 is 1.72 bits per heavy atom. The van der Waals surface area contributed by atoms with Crippen molar-refractivity contribution in [3.05, 3.63) is 29.8 Å². The van der Waals surface area contributed by atoms with Crippen molar-refractivity contribution in [2.24, 2.45) is 0 Å². The second-order valence-electron chi connectivity index (χ2n) is 7.11. The summed E-state index contributed by atoms with van der Waals surface area (Å²) in [5.74, 6) is 0. The molecule has 0 radical (unpaired) electrons. The summed E-state index contributed by atoms with van der Waals surface area (Å²) in [6, 6.07) is 6.57. The fourth-order valence-electron chi connectivity index (χ4n) is 2.57. The van der Waals surface area contributed by atoms with Gasteiger partial charge in [-0.15, -0.1) is 0 Å². The van der Waals surface area contributed by atoms with Crippen molar-refractivity contribution in [1.29, 1.82) is 0 Å². The first-order valence-corrected chi connectivity index (χ1v) is 10.3. The van der Waals surface area contributed by atoms with Gasteiger partial charge in [0.25, 0.3) is 10.1 Å².